The number of fused-ring (bicyclic) bond motifs is 2. The minimum Gasteiger partial charge on any atom is -0.486 e. The molecule has 0 saturated carbocycles. The molecule has 1 N–H and O–H groups in total. The average Bonchev–Trinajstić information content (AvgIpc) is 3.42. The number of benzene rings is 3. The van der Waals surface area contributed by atoms with Crippen LogP contribution in [0.2, 0.25) is 0 Å². The maximum Gasteiger partial charge on any atom is 0.252 e. The van der Waals surface area contributed by atoms with Gasteiger partial charge < -0.3 is 14.5 Å². The molecular formula is C30H29FN6O3. The summed E-state index contributed by atoms with van der Waals surface area (Å²) in [6.45, 7) is 4.41. The van der Waals surface area contributed by atoms with Gasteiger partial charge in [-0.25, -0.2) is 9.07 Å². The van der Waals surface area contributed by atoms with Gasteiger partial charge in [0, 0.05) is 30.1 Å². The summed E-state index contributed by atoms with van der Waals surface area (Å²) in [6, 6.07) is 21.9. The lowest BCUT2D eigenvalue weighted by Crippen LogP contribution is -2.32. The van der Waals surface area contributed by atoms with Crippen LogP contribution in [0.1, 0.15) is 41.9 Å². The van der Waals surface area contributed by atoms with E-state index in [2.05, 4.69) is 44.5 Å². The number of rotatable bonds is 9. The van der Waals surface area contributed by atoms with Crippen LogP contribution in [0, 0.1) is 5.82 Å². The highest BCUT2D eigenvalue weighted by Gasteiger charge is 2.26. The normalized spacial score (nSPS) is 13.6. The first kappa shape index (κ1) is 25.7. The number of ether oxygens (including phenoxy) is 2. The lowest BCUT2D eigenvalue weighted by atomic mass is 10.1. The Hall–Kier alpha value is -4.57. The molecule has 0 saturated heterocycles. The first-order valence-corrected chi connectivity index (χ1v) is 13.3. The first-order chi connectivity index (χ1) is 19.6. The van der Waals surface area contributed by atoms with Crippen LogP contribution in [-0.2, 0) is 19.6 Å². The number of tetrazole rings is 1. The Bertz CT molecular complexity index is 1670. The molecule has 0 aliphatic carbocycles. The Balaban J connectivity index is 1.35. The van der Waals surface area contributed by atoms with Gasteiger partial charge >= 0.3 is 0 Å². The smallest absolute Gasteiger partial charge is 0.252 e. The van der Waals surface area contributed by atoms with E-state index in [-0.39, 0.29) is 17.4 Å². The number of aromatic nitrogens is 5. The van der Waals surface area contributed by atoms with E-state index in [0.29, 0.717) is 67.7 Å². The Morgan fingerprint density at radius 2 is 1.73 bits per heavy atom. The van der Waals surface area contributed by atoms with Crippen LogP contribution in [0.4, 0.5) is 4.39 Å². The van der Waals surface area contributed by atoms with Gasteiger partial charge in [-0.2, -0.15) is 0 Å². The number of nitrogens with one attached hydrogen (secondary N) is 1. The van der Waals surface area contributed by atoms with Crippen molar-refractivity contribution in [2.24, 2.45) is 0 Å². The maximum absolute atomic E-state index is 13.5. The van der Waals surface area contributed by atoms with Gasteiger partial charge in [0.25, 0.3) is 5.56 Å². The van der Waals surface area contributed by atoms with Crippen molar-refractivity contribution in [2.45, 2.75) is 39.0 Å². The molecule has 0 unspecified atom stereocenters. The van der Waals surface area contributed by atoms with Crippen molar-refractivity contribution in [2.75, 3.05) is 13.2 Å². The van der Waals surface area contributed by atoms with Gasteiger partial charge in [0.2, 0.25) is 0 Å². The molecule has 0 fully saturated rings. The largest absolute Gasteiger partial charge is 0.486 e. The van der Waals surface area contributed by atoms with Crippen LogP contribution >= 0.6 is 0 Å². The maximum atomic E-state index is 13.5. The quantitative estimate of drug-likeness (QED) is 0.291. The Morgan fingerprint density at radius 1 is 0.975 bits per heavy atom. The van der Waals surface area contributed by atoms with Crippen molar-refractivity contribution >= 4 is 10.9 Å². The summed E-state index contributed by atoms with van der Waals surface area (Å²) in [5.41, 5.74) is 3.15. The van der Waals surface area contributed by atoms with Gasteiger partial charge in [-0.1, -0.05) is 49.4 Å². The molecule has 0 bridgehead atoms. The molecular weight excluding hydrogens is 511 g/mol. The molecule has 2 aromatic heterocycles. The zero-order valence-electron chi connectivity index (χ0n) is 22.1. The van der Waals surface area contributed by atoms with Crippen molar-refractivity contribution in [3.8, 4) is 11.5 Å². The predicted octanol–water partition coefficient (Wildman–Crippen LogP) is 4.63. The monoisotopic (exact) mass is 540 g/mol. The van der Waals surface area contributed by atoms with E-state index in [4.69, 9.17) is 9.47 Å². The molecule has 3 aromatic carbocycles. The number of halogens is 1. The van der Waals surface area contributed by atoms with Crippen molar-refractivity contribution in [1.29, 1.82) is 0 Å². The van der Waals surface area contributed by atoms with Crippen molar-refractivity contribution < 1.29 is 13.9 Å². The van der Waals surface area contributed by atoms with Crippen LogP contribution in [0.25, 0.3) is 10.9 Å². The van der Waals surface area contributed by atoms with Gasteiger partial charge in [-0.15, -0.1) is 5.10 Å². The molecule has 0 radical (unpaired) electrons. The SMILES string of the molecule is CC[C@H](c1nnnn1Cc1ccc(F)cc1)N(Cc1ccccc1)Cc1cc2cc3c(cc2[nH]c1=O)OCCO3. The molecule has 3 heterocycles. The fraction of sp³-hybridized carbons (Fsp3) is 0.267. The van der Waals surface area contributed by atoms with E-state index >= 15 is 0 Å². The van der Waals surface area contributed by atoms with Crippen molar-refractivity contribution in [3.63, 3.8) is 0 Å². The van der Waals surface area contributed by atoms with Gasteiger partial charge in [0.05, 0.1) is 18.1 Å². The Morgan fingerprint density at radius 3 is 2.48 bits per heavy atom. The van der Waals surface area contributed by atoms with Gasteiger partial charge in [-0.05, 0) is 52.2 Å². The van der Waals surface area contributed by atoms with E-state index < -0.39 is 0 Å². The second-order valence-corrected chi connectivity index (χ2v) is 9.84. The summed E-state index contributed by atoms with van der Waals surface area (Å²) in [4.78, 5) is 18.5. The molecule has 5 aromatic rings. The number of hydrogen-bond donors (Lipinski definition) is 1. The highest BCUT2D eigenvalue weighted by molar-refractivity contribution is 5.83. The third kappa shape index (κ3) is 5.43. The third-order valence-corrected chi connectivity index (χ3v) is 7.12. The number of hydrogen-bond acceptors (Lipinski definition) is 7. The first-order valence-electron chi connectivity index (χ1n) is 13.3. The van der Waals surface area contributed by atoms with Crippen molar-refractivity contribution in [3.05, 3.63) is 111 Å². The molecule has 1 atom stereocenters. The Labute approximate surface area is 230 Å². The van der Waals surface area contributed by atoms with Crippen LogP contribution in [0.5, 0.6) is 11.5 Å². The molecule has 0 amide bonds. The van der Waals surface area contributed by atoms with E-state index in [1.807, 2.05) is 36.4 Å². The second kappa shape index (κ2) is 11.3. The van der Waals surface area contributed by atoms with Crippen molar-refractivity contribution in [1.82, 2.24) is 30.1 Å². The predicted molar refractivity (Wildman–Crippen MR) is 148 cm³/mol. The van der Waals surface area contributed by atoms with Gasteiger partial charge in [0.15, 0.2) is 17.3 Å². The third-order valence-electron chi connectivity index (χ3n) is 7.12. The summed E-state index contributed by atoms with van der Waals surface area (Å²) in [7, 11) is 0. The number of H-pyrrole nitrogens is 1. The van der Waals surface area contributed by atoms with Crippen LogP contribution < -0.4 is 15.0 Å². The molecule has 1 aliphatic rings. The minimum absolute atomic E-state index is 0.164. The lowest BCUT2D eigenvalue weighted by Gasteiger charge is -2.30. The molecule has 40 heavy (non-hydrogen) atoms. The highest BCUT2D eigenvalue weighted by atomic mass is 19.1. The number of pyridine rings is 1. The average molecular weight is 541 g/mol. The summed E-state index contributed by atoms with van der Waals surface area (Å²) < 4.78 is 26.7. The van der Waals surface area contributed by atoms with Gasteiger partial charge in [0.1, 0.15) is 19.0 Å². The Kier molecular flexibility index (Phi) is 7.24. The topological polar surface area (TPSA) is 98.2 Å². The van der Waals surface area contributed by atoms with E-state index in [1.165, 1.54) is 12.1 Å². The summed E-state index contributed by atoms with van der Waals surface area (Å²) in [6.07, 6.45) is 0.709. The molecule has 6 rings (SSSR count). The second-order valence-electron chi connectivity index (χ2n) is 9.84. The molecule has 204 valence electrons. The van der Waals surface area contributed by atoms with E-state index in [9.17, 15) is 9.18 Å². The minimum atomic E-state index is -0.290. The van der Waals surface area contributed by atoms with E-state index in [1.54, 1.807) is 16.8 Å². The highest BCUT2D eigenvalue weighted by Crippen LogP contribution is 2.34. The fourth-order valence-electron chi connectivity index (χ4n) is 5.15. The zero-order chi connectivity index (χ0) is 27.5. The summed E-state index contributed by atoms with van der Waals surface area (Å²) in [5, 5.41) is 13.5. The number of nitrogens with zero attached hydrogens (tertiary/aromatic N) is 5. The van der Waals surface area contributed by atoms with E-state index in [0.717, 1.165) is 16.5 Å². The lowest BCUT2D eigenvalue weighted by molar-refractivity contribution is 0.161. The zero-order valence-corrected chi connectivity index (χ0v) is 22.1. The fourth-order valence-corrected chi connectivity index (χ4v) is 5.15. The van der Waals surface area contributed by atoms with Gasteiger partial charge in [-0.3, -0.25) is 9.69 Å². The molecule has 0 spiro atoms. The molecule has 1 aliphatic heterocycles. The molecule has 10 heteroatoms. The number of aromatic amines is 1. The molecule has 9 nitrogen and oxygen atoms in total. The van der Waals surface area contributed by atoms with Crippen LogP contribution in [0.3, 0.4) is 0 Å². The van der Waals surface area contributed by atoms with Crippen LogP contribution in [0.15, 0.2) is 77.6 Å². The summed E-state index contributed by atoms with van der Waals surface area (Å²) >= 11 is 0. The standard InChI is InChI=1S/C30H29FN6O3/c1-2-26(29-33-34-35-37(29)18-21-8-10-24(31)11-9-21)36(17-20-6-4-3-5-7-20)19-23-14-22-15-27-28(40-13-12-39-27)16-25(22)32-30(23)38/h3-11,14-16,26H,2,12-13,17-19H2,1H3,(H,32,38)/t26-/m1/s1. The summed E-state index contributed by atoms with van der Waals surface area (Å²) in [5.74, 6) is 1.69. The van der Waals surface area contributed by atoms with Crippen LogP contribution in [-0.4, -0.2) is 43.3 Å².